The van der Waals surface area contributed by atoms with E-state index in [0.29, 0.717) is 12.3 Å². The number of unbranched alkanes of at least 4 members (excludes halogenated alkanes) is 1. The van der Waals surface area contributed by atoms with Gasteiger partial charge in [0.15, 0.2) is 0 Å². The van der Waals surface area contributed by atoms with Crippen molar-refractivity contribution in [2.24, 2.45) is 0 Å². The summed E-state index contributed by atoms with van der Waals surface area (Å²) in [6.07, 6.45) is 2.30. The molecule has 0 fully saturated rings. The highest BCUT2D eigenvalue weighted by molar-refractivity contribution is 7.79. The van der Waals surface area contributed by atoms with E-state index in [1.165, 1.54) is 0 Å². The first kappa shape index (κ1) is 11.7. The van der Waals surface area contributed by atoms with E-state index in [0.717, 1.165) is 12.8 Å². The van der Waals surface area contributed by atoms with Gasteiger partial charge in [0, 0.05) is 17.0 Å². The summed E-state index contributed by atoms with van der Waals surface area (Å²) in [5, 5.41) is -0.403. The van der Waals surface area contributed by atoms with Crippen LogP contribution in [-0.4, -0.2) is 25.8 Å². The van der Waals surface area contributed by atoms with Gasteiger partial charge >= 0.3 is 0 Å². The average Bonchev–Trinajstić information content (AvgIpc) is 1.97. The number of rotatable bonds is 6. The van der Waals surface area contributed by atoms with E-state index < -0.39 is 16.3 Å². The molecule has 2 atom stereocenters. The van der Waals surface area contributed by atoms with E-state index in [-0.39, 0.29) is 5.88 Å². The molecule has 0 aliphatic carbocycles. The first-order chi connectivity index (χ1) is 5.22. The summed E-state index contributed by atoms with van der Waals surface area (Å²) in [7, 11) is 0. The zero-order valence-electron chi connectivity index (χ0n) is 6.09. The Morgan fingerprint density at radius 1 is 1.36 bits per heavy atom. The highest BCUT2D eigenvalue weighted by atomic mass is 35.5. The van der Waals surface area contributed by atoms with Gasteiger partial charge in [0.2, 0.25) is 0 Å². The lowest BCUT2D eigenvalue weighted by Crippen LogP contribution is -2.16. The zero-order valence-corrected chi connectivity index (χ0v) is 8.42. The monoisotopic (exact) mass is 217 g/mol. The second kappa shape index (κ2) is 7.35. The molecule has 0 radical (unpaired) electrons. The molecule has 2 unspecified atom stereocenters. The average molecular weight is 218 g/mol. The van der Waals surface area contributed by atoms with Gasteiger partial charge in [-0.05, 0) is 12.8 Å². The number of alkyl halides is 2. The molecular formula is C6H11Cl2O2S-. The van der Waals surface area contributed by atoms with Crippen LogP contribution in [-0.2, 0) is 11.1 Å². The van der Waals surface area contributed by atoms with E-state index in [2.05, 4.69) is 0 Å². The van der Waals surface area contributed by atoms with E-state index >= 15 is 0 Å². The van der Waals surface area contributed by atoms with Gasteiger partial charge in [0.05, 0.1) is 0 Å². The van der Waals surface area contributed by atoms with Gasteiger partial charge in [0.1, 0.15) is 0 Å². The maximum atomic E-state index is 10.4. The van der Waals surface area contributed by atoms with Crippen molar-refractivity contribution in [3.8, 4) is 0 Å². The summed E-state index contributed by atoms with van der Waals surface area (Å²) < 4.78 is 20.8. The molecule has 11 heavy (non-hydrogen) atoms. The van der Waals surface area contributed by atoms with E-state index in [4.69, 9.17) is 23.2 Å². The number of hydrogen-bond acceptors (Lipinski definition) is 2. The lowest BCUT2D eigenvalue weighted by Gasteiger charge is -2.15. The van der Waals surface area contributed by atoms with Crippen LogP contribution in [0.1, 0.15) is 19.3 Å². The Morgan fingerprint density at radius 3 is 2.36 bits per heavy atom. The van der Waals surface area contributed by atoms with Gasteiger partial charge in [-0.1, -0.05) is 17.5 Å². The van der Waals surface area contributed by atoms with Crippen LogP contribution < -0.4 is 0 Å². The fraction of sp³-hybridized carbons (Fsp3) is 1.00. The van der Waals surface area contributed by atoms with Gasteiger partial charge in [-0.2, -0.15) is 0 Å². The van der Waals surface area contributed by atoms with Crippen LogP contribution in [0.2, 0.25) is 0 Å². The topological polar surface area (TPSA) is 40.1 Å². The molecule has 0 spiro atoms. The van der Waals surface area contributed by atoms with Crippen molar-refractivity contribution in [2.75, 3.05) is 11.8 Å². The molecule has 0 aromatic heterocycles. The van der Waals surface area contributed by atoms with Crippen molar-refractivity contribution >= 4 is 34.3 Å². The first-order valence-corrected chi connectivity index (χ1v) is 5.63. The van der Waals surface area contributed by atoms with E-state index in [1.807, 2.05) is 0 Å². The Hall–Kier alpha value is 0.690. The molecule has 0 aliphatic rings. The van der Waals surface area contributed by atoms with Crippen LogP contribution >= 0.6 is 23.2 Å². The molecular weight excluding hydrogens is 207 g/mol. The van der Waals surface area contributed by atoms with Crippen LogP contribution in [0, 0.1) is 0 Å². The van der Waals surface area contributed by atoms with Crippen LogP contribution in [0.25, 0.3) is 0 Å². The molecule has 5 heteroatoms. The maximum Gasteiger partial charge on any atom is 0.0356 e. The van der Waals surface area contributed by atoms with E-state index in [1.54, 1.807) is 0 Å². The standard InChI is InChI=1S/C6H12Cl2O2S/c7-4-2-1-3-6(5-8)11(9)10/h6H,1-5H2,(H,9,10)/p-1. The molecule has 0 amide bonds. The molecule has 0 saturated carbocycles. The van der Waals surface area contributed by atoms with Gasteiger partial charge in [-0.3, -0.25) is 4.21 Å². The Kier molecular flexibility index (Phi) is 7.81. The largest absolute Gasteiger partial charge is 0.772 e. The summed E-state index contributed by atoms with van der Waals surface area (Å²) in [5.74, 6) is 0.763. The maximum absolute atomic E-state index is 10.4. The van der Waals surface area contributed by atoms with E-state index in [9.17, 15) is 8.76 Å². The molecule has 0 aromatic carbocycles. The predicted octanol–water partition coefficient (Wildman–Crippen LogP) is 1.88. The lowest BCUT2D eigenvalue weighted by atomic mass is 10.2. The molecule has 0 saturated heterocycles. The third-order valence-corrected chi connectivity index (χ3v) is 3.12. The Balaban J connectivity index is 3.44. The van der Waals surface area contributed by atoms with Crippen LogP contribution in [0.15, 0.2) is 0 Å². The quantitative estimate of drug-likeness (QED) is 0.388. The smallest absolute Gasteiger partial charge is 0.0356 e. The van der Waals surface area contributed by atoms with Gasteiger partial charge in [-0.25, -0.2) is 0 Å². The molecule has 0 heterocycles. The SMILES string of the molecule is O=S([O-])C(CCl)CCCCCl. The predicted molar refractivity (Wildman–Crippen MR) is 48.0 cm³/mol. The van der Waals surface area contributed by atoms with Crippen molar-refractivity contribution in [2.45, 2.75) is 24.5 Å². The number of hydrogen-bond donors (Lipinski definition) is 0. The Morgan fingerprint density at radius 2 is 2.00 bits per heavy atom. The normalized spacial score (nSPS) is 16.3. The first-order valence-electron chi connectivity index (χ1n) is 3.42. The summed E-state index contributed by atoms with van der Waals surface area (Å²) in [6.45, 7) is 0. The Labute approximate surface area is 79.5 Å². The Bertz CT molecular complexity index is 121. The molecule has 0 aromatic rings. The van der Waals surface area contributed by atoms with Crippen LogP contribution in [0.5, 0.6) is 0 Å². The fourth-order valence-electron chi connectivity index (χ4n) is 0.691. The summed E-state index contributed by atoms with van der Waals surface area (Å²) in [6, 6.07) is 0. The third kappa shape index (κ3) is 5.91. The molecule has 0 N–H and O–H groups in total. The van der Waals surface area contributed by atoms with Crippen molar-refractivity contribution < 1.29 is 8.76 Å². The second-order valence-corrected chi connectivity index (χ2v) is 4.10. The van der Waals surface area contributed by atoms with Crippen LogP contribution in [0.3, 0.4) is 0 Å². The lowest BCUT2D eigenvalue weighted by molar-refractivity contribution is 0.518. The minimum absolute atomic E-state index is 0.179. The third-order valence-electron chi connectivity index (χ3n) is 1.35. The summed E-state index contributed by atoms with van der Waals surface area (Å²) >= 11 is 8.80. The summed E-state index contributed by atoms with van der Waals surface area (Å²) in [4.78, 5) is 0. The van der Waals surface area contributed by atoms with Gasteiger partial charge < -0.3 is 4.55 Å². The zero-order chi connectivity index (χ0) is 8.69. The second-order valence-electron chi connectivity index (χ2n) is 2.22. The van der Waals surface area contributed by atoms with Crippen molar-refractivity contribution in [1.82, 2.24) is 0 Å². The van der Waals surface area contributed by atoms with Gasteiger partial charge in [-0.15, -0.1) is 23.2 Å². The molecule has 0 aliphatic heterocycles. The van der Waals surface area contributed by atoms with Crippen molar-refractivity contribution in [1.29, 1.82) is 0 Å². The van der Waals surface area contributed by atoms with Crippen LogP contribution in [0.4, 0.5) is 0 Å². The van der Waals surface area contributed by atoms with Gasteiger partial charge in [0.25, 0.3) is 0 Å². The molecule has 2 nitrogen and oxygen atoms in total. The molecule has 68 valence electrons. The molecule has 0 bridgehead atoms. The molecule has 0 rings (SSSR count). The minimum atomic E-state index is -2.03. The van der Waals surface area contributed by atoms with Crippen molar-refractivity contribution in [3.05, 3.63) is 0 Å². The summed E-state index contributed by atoms with van der Waals surface area (Å²) in [5.41, 5.74) is 0. The highest BCUT2D eigenvalue weighted by Gasteiger charge is 2.06. The minimum Gasteiger partial charge on any atom is -0.772 e. The highest BCUT2D eigenvalue weighted by Crippen LogP contribution is 2.08. The number of halogens is 2. The van der Waals surface area contributed by atoms with Crippen molar-refractivity contribution in [3.63, 3.8) is 0 Å². The fourth-order valence-corrected chi connectivity index (χ4v) is 1.81.